The fourth-order valence-corrected chi connectivity index (χ4v) is 5.56. The SMILES string of the molecule is Cc1c(Cc2ccccc2)sc(NC(=S)NC(=O)CCC2CCCCC2)c1C(N)=O. The summed E-state index contributed by atoms with van der Waals surface area (Å²) in [7, 11) is 0. The standard InChI is InChI=1S/C23H29N3O2S2/c1-15-18(14-17-10-6-3-7-11-17)30-22(20(15)21(24)28)26-23(29)25-19(27)13-12-16-8-4-2-5-9-16/h3,6-7,10-11,16H,2,4-5,8-9,12-14H2,1H3,(H2,24,28)(H2,25,26,27,29). The molecule has 1 saturated carbocycles. The van der Waals surface area contributed by atoms with E-state index in [0.29, 0.717) is 29.3 Å². The van der Waals surface area contributed by atoms with Crippen LogP contribution in [0, 0.1) is 12.8 Å². The third-order valence-corrected chi connectivity index (χ3v) is 7.10. The zero-order valence-electron chi connectivity index (χ0n) is 17.3. The van der Waals surface area contributed by atoms with Crippen molar-refractivity contribution in [3.63, 3.8) is 0 Å². The molecular weight excluding hydrogens is 414 g/mol. The first kappa shape index (κ1) is 22.4. The van der Waals surface area contributed by atoms with Gasteiger partial charge in [-0.1, -0.05) is 62.4 Å². The lowest BCUT2D eigenvalue weighted by molar-refractivity contribution is -0.120. The molecule has 0 radical (unpaired) electrons. The summed E-state index contributed by atoms with van der Waals surface area (Å²) < 4.78 is 0. The van der Waals surface area contributed by atoms with Crippen LogP contribution in [0.4, 0.5) is 5.00 Å². The molecule has 0 bridgehead atoms. The second-order valence-electron chi connectivity index (χ2n) is 7.93. The van der Waals surface area contributed by atoms with E-state index >= 15 is 0 Å². The molecule has 30 heavy (non-hydrogen) atoms. The molecule has 2 amide bonds. The Morgan fingerprint density at radius 3 is 2.53 bits per heavy atom. The molecule has 3 rings (SSSR count). The van der Waals surface area contributed by atoms with Gasteiger partial charge in [-0.3, -0.25) is 9.59 Å². The van der Waals surface area contributed by atoms with E-state index in [0.717, 1.165) is 22.4 Å². The maximum absolute atomic E-state index is 12.3. The van der Waals surface area contributed by atoms with Crippen LogP contribution >= 0.6 is 23.6 Å². The van der Waals surface area contributed by atoms with Gasteiger partial charge < -0.3 is 16.4 Å². The summed E-state index contributed by atoms with van der Waals surface area (Å²) in [5.74, 6) is 0.0569. The second-order valence-corrected chi connectivity index (χ2v) is 9.44. The van der Waals surface area contributed by atoms with Crippen LogP contribution in [0.25, 0.3) is 0 Å². The van der Waals surface area contributed by atoms with Crippen LogP contribution in [-0.2, 0) is 11.2 Å². The number of thiocarbonyl (C=S) groups is 1. The molecule has 1 aromatic carbocycles. The van der Waals surface area contributed by atoms with E-state index in [4.69, 9.17) is 18.0 Å². The number of nitrogens with two attached hydrogens (primary N) is 1. The number of nitrogens with one attached hydrogen (secondary N) is 2. The first-order valence-electron chi connectivity index (χ1n) is 10.5. The molecule has 0 saturated heterocycles. The first-order chi connectivity index (χ1) is 14.4. The molecule has 5 nitrogen and oxygen atoms in total. The summed E-state index contributed by atoms with van der Waals surface area (Å²) in [6, 6.07) is 10.1. The van der Waals surface area contributed by atoms with Gasteiger partial charge in [0.1, 0.15) is 5.00 Å². The highest BCUT2D eigenvalue weighted by atomic mass is 32.1. The van der Waals surface area contributed by atoms with E-state index in [1.54, 1.807) is 0 Å². The minimum absolute atomic E-state index is 0.0866. The van der Waals surface area contributed by atoms with E-state index in [-0.39, 0.29) is 11.0 Å². The summed E-state index contributed by atoms with van der Waals surface area (Å²) in [5, 5.41) is 6.57. The highest BCUT2D eigenvalue weighted by Crippen LogP contribution is 2.34. The first-order valence-corrected chi connectivity index (χ1v) is 11.7. The topological polar surface area (TPSA) is 84.2 Å². The normalized spacial score (nSPS) is 14.3. The summed E-state index contributed by atoms with van der Waals surface area (Å²) >= 11 is 6.77. The number of carbonyl (C=O) groups excluding carboxylic acids is 2. The van der Waals surface area contributed by atoms with Crippen molar-refractivity contribution in [3.8, 4) is 0 Å². The van der Waals surface area contributed by atoms with Gasteiger partial charge in [0.25, 0.3) is 5.91 Å². The van der Waals surface area contributed by atoms with Crippen LogP contribution in [-0.4, -0.2) is 16.9 Å². The maximum Gasteiger partial charge on any atom is 0.251 e. The van der Waals surface area contributed by atoms with E-state index in [1.807, 2.05) is 37.3 Å². The Hall–Kier alpha value is -2.25. The monoisotopic (exact) mass is 443 g/mol. The van der Waals surface area contributed by atoms with Crippen molar-refractivity contribution in [3.05, 3.63) is 51.9 Å². The molecule has 0 spiro atoms. The van der Waals surface area contributed by atoms with Crippen molar-refractivity contribution < 1.29 is 9.59 Å². The average molecular weight is 444 g/mol. The Kier molecular flexibility index (Phi) is 7.99. The molecule has 1 aliphatic carbocycles. The molecule has 7 heteroatoms. The molecule has 0 aliphatic heterocycles. The molecule has 1 fully saturated rings. The van der Waals surface area contributed by atoms with Gasteiger partial charge in [-0.05, 0) is 42.6 Å². The minimum atomic E-state index is -0.503. The number of hydrogen-bond donors (Lipinski definition) is 3. The highest BCUT2D eigenvalue weighted by Gasteiger charge is 2.21. The Labute approximate surface area is 187 Å². The van der Waals surface area contributed by atoms with Crippen molar-refractivity contribution in [2.75, 3.05) is 5.32 Å². The Morgan fingerprint density at radius 1 is 1.17 bits per heavy atom. The van der Waals surface area contributed by atoms with E-state index in [9.17, 15) is 9.59 Å². The molecule has 160 valence electrons. The average Bonchev–Trinajstić information content (AvgIpc) is 3.02. The van der Waals surface area contributed by atoms with Crippen molar-refractivity contribution >= 4 is 45.5 Å². The quantitative estimate of drug-likeness (QED) is 0.530. The summed E-state index contributed by atoms with van der Waals surface area (Å²) in [6.45, 7) is 1.89. The fourth-order valence-electron chi connectivity index (χ4n) is 4.03. The van der Waals surface area contributed by atoms with Gasteiger partial charge in [0, 0.05) is 17.7 Å². The predicted octanol–water partition coefficient (Wildman–Crippen LogP) is 4.92. The van der Waals surface area contributed by atoms with Gasteiger partial charge in [-0.25, -0.2) is 0 Å². The van der Waals surface area contributed by atoms with Gasteiger partial charge in [0.2, 0.25) is 5.91 Å². The van der Waals surface area contributed by atoms with Crippen molar-refractivity contribution in [1.29, 1.82) is 0 Å². The molecule has 1 heterocycles. The number of thiophene rings is 1. The molecule has 1 aliphatic rings. The lowest BCUT2D eigenvalue weighted by Crippen LogP contribution is -2.34. The Morgan fingerprint density at radius 2 is 1.87 bits per heavy atom. The lowest BCUT2D eigenvalue weighted by Gasteiger charge is -2.21. The smallest absolute Gasteiger partial charge is 0.251 e. The van der Waals surface area contributed by atoms with Gasteiger partial charge in [-0.2, -0.15) is 0 Å². The zero-order chi connectivity index (χ0) is 21.5. The van der Waals surface area contributed by atoms with Crippen LogP contribution in [0.15, 0.2) is 30.3 Å². The van der Waals surface area contributed by atoms with Crippen molar-refractivity contribution in [1.82, 2.24) is 5.32 Å². The third-order valence-electron chi connectivity index (χ3n) is 5.68. The van der Waals surface area contributed by atoms with Gasteiger partial charge in [0.05, 0.1) is 5.56 Å². The molecule has 0 unspecified atom stereocenters. The number of anilines is 1. The predicted molar refractivity (Wildman–Crippen MR) is 127 cm³/mol. The van der Waals surface area contributed by atoms with Crippen molar-refractivity contribution in [2.45, 2.75) is 58.3 Å². The molecule has 2 aromatic rings. The Balaban J connectivity index is 1.61. The summed E-state index contributed by atoms with van der Waals surface area (Å²) in [5.41, 5.74) is 8.07. The van der Waals surface area contributed by atoms with Gasteiger partial charge in [-0.15, -0.1) is 11.3 Å². The fraction of sp³-hybridized carbons (Fsp3) is 0.435. The third kappa shape index (κ3) is 6.12. The zero-order valence-corrected chi connectivity index (χ0v) is 19.0. The van der Waals surface area contributed by atoms with Gasteiger partial charge in [0.15, 0.2) is 5.11 Å². The largest absolute Gasteiger partial charge is 0.365 e. The van der Waals surface area contributed by atoms with Crippen LogP contribution in [0.2, 0.25) is 0 Å². The number of carbonyl (C=O) groups is 2. The molecule has 1 aromatic heterocycles. The van der Waals surface area contributed by atoms with Crippen LogP contribution in [0.3, 0.4) is 0 Å². The number of benzene rings is 1. The highest BCUT2D eigenvalue weighted by molar-refractivity contribution is 7.80. The number of hydrogen-bond acceptors (Lipinski definition) is 4. The van der Waals surface area contributed by atoms with Crippen molar-refractivity contribution in [2.24, 2.45) is 11.7 Å². The van der Waals surface area contributed by atoms with Crippen LogP contribution < -0.4 is 16.4 Å². The Bertz CT molecular complexity index is 903. The van der Waals surface area contributed by atoms with E-state index in [1.165, 1.54) is 43.4 Å². The summed E-state index contributed by atoms with van der Waals surface area (Å²) in [4.78, 5) is 25.4. The van der Waals surface area contributed by atoms with Crippen LogP contribution in [0.1, 0.15) is 71.3 Å². The molecular formula is C23H29N3O2S2. The maximum atomic E-state index is 12.3. The minimum Gasteiger partial charge on any atom is -0.365 e. The van der Waals surface area contributed by atoms with Crippen LogP contribution in [0.5, 0.6) is 0 Å². The number of primary amides is 1. The second kappa shape index (κ2) is 10.7. The molecule has 0 atom stereocenters. The summed E-state index contributed by atoms with van der Waals surface area (Å²) in [6.07, 6.45) is 8.37. The van der Waals surface area contributed by atoms with E-state index < -0.39 is 5.91 Å². The van der Waals surface area contributed by atoms with Gasteiger partial charge >= 0.3 is 0 Å². The van der Waals surface area contributed by atoms with E-state index in [2.05, 4.69) is 10.6 Å². The molecule has 4 N–H and O–H groups in total. The number of amides is 2. The number of rotatable bonds is 7. The lowest BCUT2D eigenvalue weighted by atomic mass is 9.86.